The number of rotatable bonds is 9. The molecule has 0 unspecified atom stereocenters. The molecule has 1 aromatic rings. The van der Waals surface area contributed by atoms with Gasteiger partial charge >= 0.3 is 0 Å². The van der Waals surface area contributed by atoms with Crippen LogP contribution in [0.2, 0.25) is 0 Å². The fourth-order valence-electron chi connectivity index (χ4n) is 1.90. The third-order valence-electron chi connectivity index (χ3n) is 2.92. The summed E-state index contributed by atoms with van der Waals surface area (Å²) in [6, 6.07) is 10.6. The van der Waals surface area contributed by atoms with Gasteiger partial charge in [0.2, 0.25) is 0 Å². The normalized spacial score (nSPS) is 11.0. The van der Waals surface area contributed by atoms with Crippen molar-refractivity contribution < 1.29 is 0 Å². The molecule has 0 heterocycles. The molecule has 0 spiro atoms. The van der Waals surface area contributed by atoms with E-state index < -0.39 is 0 Å². The van der Waals surface area contributed by atoms with Crippen LogP contribution in [0.5, 0.6) is 0 Å². The van der Waals surface area contributed by atoms with E-state index in [1.807, 2.05) is 0 Å². The summed E-state index contributed by atoms with van der Waals surface area (Å²) in [4.78, 5) is 2.46. The van der Waals surface area contributed by atoms with Crippen molar-refractivity contribution in [3.63, 3.8) is 0 Å². The maximum atomic E-state index is 5.56. The lowest BCUT2D eigenvalue weighted by Crippen LogP contribution is -2.30. The van der Waals surface area contributed by atoms with Gasteiger partial charge in [-0.2, -0.15) is 0 Å². The Bertz CT molecular complexity index is 266. The highest BCUT2D eigenvalue weighted by atomic mass is 15.1. The highest BCUT2D eigenvalue weighted by Crippen LogP contribution is 2.02. The predicted molar refractivity (Wildman–Crippen MR) is 73.9 cm³/mol. The molecule has 1 aromatic carbocycles. The fraction of sp³-hybridized carbons (Fsp3) is 0.571. The Morgan fingerprint density at radius 1 is 0.824 bits per heavy atom. The van der Waals surface area contributed by atoms with Crippen LogP contribution < -0.4 is 11.5 Å². The van der Waals surface area contributed by atoms with Gasteiger partial charge in [0.25, 0.3) is 0 Å². The van der Waals surface area contributed by atoms with Crippen LogP contribution in [-0.4, -0.2) is 37.6 Å². The van der Waals surface area contributed by atoms with Gasteiger partial charge in [0.05, 0.1) is 0 Å². The van der Waals surface area contributed by atoms with E-state index in [2.05, 4.69) is 35.2 Å². The molecule has 0 radical (unpaired) electrons. The average molecular weight is 235 g/mol. The molecule has 17 heavy (non-hydrogen) atoms. The van der Waals surface area contributed by atoms with Crippen LogP contribution in [0.3, 0.4) is 0 Å². The van der Waals surface area contributed by atoms with E-state index >= 15 is 0 Å². The van der Waals surface area contributed by atoms with Crippen LogP contribution in [0.1, 0.15) is 18.4 Å². The zero-order chi connectivity index (χ0) is 12.3. The van der Waals surface area contributed by atoms with Crippen LogP contribution in [0, 0.1) is 0 Å². The highest BCUT2D eigenvalue weighted by molar-refractivity contribution is 5.14. The first-order valence-electron chi connectivity index (χ1n) is 6.53. The van der Waals surface area contributed by atoms with Gasteiger partial charge in [-0.1, -0.05) is 30.3 Å². The minimum atomic E-state index is 0.768. The van der Waals surface area contributed by atoms with Gasteiger partial charge in [-0.15, -0.1) is 0 Å². The Hall–Kier alpha value is -0.900. The second-order valence-electron chi connectivity index (χ2n) is 4.36. The first kappa shape index (κ1) is 14.2. The second-order valence-corrected chi connectivity index (χ2v) is 4.36. The van der Waals surface area contributed by atoms with Gasteiger partial charge in [-0.3, -0.25) is 0 Å². The van der Waals surface area contributed by atoms with E-state index in [1.165, 1.54) is 5.56 Å². The van der Waals surface area contributed by atoms with E-state index in [0.29, 0.717) is 0 Å². The minimum Gasteiger partial charge on any atom is -0.330 e. The van der Waals surface area contributed by atoms with Gasteiger partial charge in [0, 0.05) is 6.54 Å². The number of nitrogens with zero attached hydrogens (tertiary/aromatic N) is 1. The number of hydrogen-bond acceptors (Lipinski definition) is 3. The van der Waals surface area contributed by atoms with E-state index in [0.717, 1.165) is 52.0 Å². The van der Waals surface area contributed by atoms with Crippen LogP contribution in [-0.2, 0) is 6.42 Å². The largest absolute Gasteiger partial charge is 0.330 e. The summed E-state index contributed by atoms with van der Waals surface area (Å²) in [6.45, 7) is 4.81. The number of benzene rings is 1. The third kappa shape index (κ3) is 6.41. The van der Waals surface area contributed by atoms with Crippen molar-refractivity contribution in [1.29, 1.82) is 0 Å². The smallest absolute Gasteiger partial charge is 0.00218 e. The molecule has 4 N–H and O–H groups in total. The maximum absolute atomic E-state index is 5.56. The van der Waals surface area contributed by atoms with Gasteiger partial charge < -0.3 is 16.4 Å². The predicted octanol–water partition coefficient (Wildman–Crippen LogP) is 1.23. The zero-order valence-corrected chi connectivity index (χ0v) is 10.6. The molecule has 1 rings (SSSR count). The van der Waals surface area contributed by atoms with Crippen LogP contribution >= 0.6 is 0 Å². The first-order chi connectivity index (χ1) is 8.36. The first-order valence-corrected chi connectivity index (χ1v) is 6.53. The van der Waals surface area contributed by atoms with Crippen LogP contribution in [0.25, 0.3) is 0 Å². The molecule has 0 aromatic heterocycles. The third-order valence-corrected chi connectivity index (χ3v) is 2.92. The summed E-state index contributed by atoms with van der Waals surface area (Å²) in [6.07, 6.45) is 3.24. The van der Waals surface area contributed by atoms with Crippen LogP contribution in [0.15, 0.2) is 30.3 Å². The molecular formula is C14H25N3. The molecule has 96 valence electrons. The summed E-state index contributed by atoms with van der Waals surface area (Å²) in [5, 5.41) is 0. The molecular weight excluding hydrogens is 210 g/mol. The molecule has 0 fully saturated rings. The second kappa shape index (κ2) is 9.16. The lowest BCUT2D eigenvalue weighted by Gasteiger charge is -2.21. The van der Waals surface area contributed by atoms with Crippen molar-refractivity contribution in [2.24, 2.45) is 11.5 Å². The quantitative estimate of drug-likeness (QED) is 0.677. The van der Waals surface area contributed by atoms with Crippen LogP contribution in [0.4, 0.5) is 0 Å². The van der Waals surface area contributed by atoms with E-state index in [9.17, 15) is 0 Å². The molecule has 0 saturated carbocycles. The summed E-state index contributed by atoms with van der Waals surface area (Å²) in [7, 11) is 0. The number of hydrogen-bond donors (Lipinski definition) is 2. The SMILES string of the molecule is NCCCN(CCCN)CCc1ccccc1. The minimum absolute atomic E-state index is 0.768. The van der Waals surface area contributed by atoms with Crippen molar-refractivity contribution in [3.8, 4) is 0 Å². The Morgan fingerprint density at radius 3 is 1.94 bits per heavy atom. The zero-order valence-electron chi connectivity index (χ0n) is 10.6. The molecule has 0 atom stereocenters. The molecule has 3 nitrogen and oxygen atoms in total. The molecule has 0 aliphatic rings. The van der Waals surface area contributed by atoms with Crippen molar-refractivity contribution >= 4 is 0 Å². The topological polar surface area (TPSA) is 55.3 Å². The molecule has 0 amide bonds. The Balaban J connectivity index is 2.31. The van der Waals surface area contributed by atoms with E-state index in [-0.39, 0.29) is 0 Å². The van der Waals surface area contributed by atoms with E-state index in [1.54, 1.807) is 0 Å². The van der Waals surface area contributed by atoms with E-state index in [4.69, 9.17) is 11.5 Å². The summed E-state index contributed by atoms with van der Waals surface area (Å²) in [5.41, 5.74) is 12.5. The monoisotopic (exact) mass is 235 g/mol. The Labute approximate surface area is 105 Å². The summed E-state index contributed by atoms with van der Waals surface area (Å²) >= 11 is 0. The van der Waals surface area contributed by atoms with Gasteiger partial charge in [-0.25, -0.2) is 0 Å². The van der Waals surface area contributed by atoms with Crippen molar-refractivity contribution in [3.05, 3.63) is 35.9 Å². The Morgan fingerprint density at radius 2 is 1.41 bits per heavy atom. The van der Waals surface area contributed by atoms with Gasteiger partial charge in [0.1, 0.15) is 0 Å². The average Bonchev–Trinajstić information content (AvgIpc) is 2.39. The molecule has 3 heteroatoms. The standard InChI is InChI=1S/C14H25N3/c15-9-4-11-17(12-5-10-16)13-8-14-6-2-1-3-7-14/h1-3,6-7H,4-5,8-13,15-16H2. The summed E-state index contributed by atoms with van der Waals surface area (Å²) in [5.74, 6) is 0. The molecule has 0 aliphatic carbocycles. The van der Waals surface area contributed by atoms with Gasteiger partial charge in [-0.05, 0) is 51.0 Å². The lowest BCUT2D eigenvalue weighted by atomic mass is 10.1. The van der Waals surface area contributed by atoms with Crippen molar-refractivity contribution in [1.82, 2.24) is 4.90 Å². The summed E-state index contributed by atoms with van der Waals surface area (Å²) < 4.78 is 0. The van der Waals surface area contributed by atoms with Crippen molar-refractivity contribution in [2.45, 2.75) is 19.3 Å². The van der Waals surface area contributed by atoms with Crippen molar-refractivity contribution in [2.75, 3.05) is 32.7 Å². The molecule has 0 aliphatic heterocycles. The number of nitrogens with two attached hydrogens (primary N) is 2. The lowest BCUT2D eigenvalue weighted by molar-refractivity contribution is 0.273. The Kier molecular flexibility index (Phi) is 7.63. The fourth-order valence-corrected chi connectivity index (χ4v) is 1.90. The maximum Gasteiger partial charge on any atom is 0.00218 e. The highest BCUT2D eigenvalue weighted by Gasteiger charge is 2.03. The molecule has 0 saturated heterocycles. The van der Waals surface area contributed by atoms with Gasteiger partial charge in [0.15, 0.2) is 0 Å². The molecule has 0 bridgehead atoms.